The van der Waals surface area contributed by atoms with Crippen LogP contribution in [0.5, 0.6) is 0 Å². The molecule has 0 spiro atoms. The van der Waals surface area contributed by atoms with Gasteiger partial charge in [0.2, 0.25) is 5.78 Å². The Kier molecular flexibility index (Phi) is 5.47. The number of H-pyrrole nitrogens is 1. The Morgan fingerprint density at radius 3 is 2.33 bits per heavy atom. The van der Waals surface area contributed by atoms with E-state index in [-0.39, 0.29) is 22.1 Å². The summed E-state index contributed by atoms with van der Waals surface area (Å²) in [4.78, 5) is 38.7. The van der Waals surface area contributed by atoms with Gasteiger partial charge in [-0.15, -0.1) is 0 Å². The van der Waals surface area contributed by atoms with Crippen molar-refractivity contribution in [1.82, 2.24) is 4.98 Å². The van der Waals surface area contributed by atoms with Crippen molar-refractivity contribution in [3.05, 3.63) is 56.3 Å². The zero-order valence-electron chi connectivity index (χ0n) is 13.3. The standard InChI is InChI=1S/C17H15Cl2NO4/c1-8-15(10(3)21)9(2)20-16(8)14(22)7-24-17(23)11-4-5-12(18)13(19)6-11/h4-6,20H,7H2,1-3H3. The molecule has 0 radical (unpaired) electrons. The second kappa shape index (κ2) is 7.20. The molecule has 7 heteroatoms. The van der Waals surface area contributed by atoms with Crippen LogP contribution in [0, 0.1) is 13.8 Å². The van der Waals surface area contributed by atoms with Crippen LogP contribution < -0.4 is 0 Å². The fourth-order valence-corrected chi connectivity index (χ4v) is 2.76. The molecule has 2 aromatic rings. The number of ketones is 2. The van der Waals surface area contributed by atoms with E-state index in [9.17, 15) is 14.4 Å². The average Bonchev–Trinajstić information content (AvgIpc) is 2.82. The molecule has 1 N–H and O–H groups in total. The van der Waals surface area contributed by atoms with E-state index in [0.29, 0.717) is 21.8 Å². The summed E-state index contributed by atoms with van der Waals surface area (Å²) in [6.07, 6.45) is 0. The van der Waals surface area contributed by atoms with Gasteiger partial charge in [-0.1, -0.05) is 23.2 Å². The molecule has 0 amide bonds. The molecule has 0 saturated carbocycles. The summed E-state index contributed by atoms with van der Waals surface area (Å²) in [6, 6.07) is 4.30. The quantitative estimate of drug-likeness (QED) is 0.635. The number of aryl methyl sites for hydroxylation is 1. The van der Waals surface area contributed by atoms with Crippen LogP contribution in [0.15, 0.2) is 18.2 Å². The van der Waals surface area contributed by atoms with E-state index in [1.54, 1.807) is 13.8 Å². The molecule has 1 aromatic carbocycles. The van der Waals surface area contributed by atoms with E-state index in [4.69, 9.17) is 27.9 Å². The average molecular weight is 368 g/mol. The van der Waals surface area contributed by atoms with Gasteiger partial charge in [-0.05, 0) is 44.5 Å². The van der Waals surface area contributed by atoms with E-state index in [2.05, 4.69) is 4.98 Å². The Morgan fingerprint density at radius 1 is 1.12 bits per heavy atom. The molecule has 126 valence electrons. The number of aromatic nitrogens is 1. The number of benzene rings is 1. The molecule has 5 nitrogen and oxygen atoms in total. The Balaban J connectivity index is 2.11. The summed E-state index contributed by atoms with van der Waals surface area (Å²) in [5, 5.41) is 0.540. The highest BCUT2D eigenvalue weighted by Gasteiger charge is 2.21. The third-order valence-corrected chi connectivity index (χ3v) is 4.30. The maximum atomic E-state index is 12.2. The minimum Gasteiger partial charge on any atom is -0.454 e. The van der Waals surface area contributed by atoms with Crippen LogP contribution in [0.3, 0.4) is 0 Å². The minimum atomic E-state index is -0.686. The van der Waals surface area contributed by atoms with Crippen LogP contribution >= 0.6 is 23.2 Å². The number of esters is 1. The second-order valence-electron chi connectivity index (χ2n) is 5.31. The van der Waals surface area contributed by atoms with Gasteiger partial charge in [0, 0.05) is 11.3 Å². The fourth-order valence-electron chi connectivity index (χ4n) is 2.47. The number of aromatic amines is 1. The van der Waals surface area contributed by atoms with E-state index >= 15 is 0 Å². The Morgan fingerprint density at radius 2 is 1.79 bits per heavy atom. The van der Waals surface area contributed by atoms with E-state index in [0.717, 1.165) is 0 Å². The van der Waals surface area contributed by atoms with Crippen LogP contribution in [-0.4, -0.2) is 29.1 Å². The van der Waals surface area contributed by atoms with Gasteiger partial charge in [0.15, 0.2) is 12.4 Å². The molecule has 1 heterocycles. The Hall–Kier alpha value is -2.11. The first-order valence-electron chi connectivity index (χ1n) is 7.07. The van der Waals surface area contributed by atoms with Crippen molar-refractivity contribution in [2.75, 3.05) is 6.61 Å². The van der Waals surface area contributed by atoms with Gasteiger partial charge in [-0.25, -0.2) is 4.79 Å². The van der Waals surface area contributed by atoms with Crippen LogP contribution in [0.4, 0.5) is 0 Å². The third kappa shape index (κ3) is 3.68. The number of hydrogen-bond acceptors (Lipinski definition) is 4. The summed E-state index contributed by atoms with van der Waals surface area (Å²) in [6.45, 7) is 4.37. The predicted molar refractivity (Wildman–Crippen MR) is 91.3 cm³/mol. The van der Waals surface area contributed by atoms with Crippen molar-refractivity contribution in [2.45, 2.75) is 20.8 Å². The lowest BCUT2D eigenvalue weighted by atomic mass is 10.1. The molecule has 2 rings (SSSR count). The molecule has 0 saturated heterocycles. The van der Waals surface area contributed by atoms with Crippen molar-refractivity contribution in [3.8, 4) is 0 Å². The van der Waals surface area contributed by atoms with Crippen molar-refractivity contribution in [2.24, 2.45) is 0 Å². The first-order chi connectivity index (χ1) is 11.2. The number of hydrogen-bond donors (Lipinski definition) is 1. The SMILES string of the molecule is CC(=O)c1c(C)[nH]c(C(=O)COC(=O)c2ccc(Cl)c(Cl)c2)c1C. The highest BCUT2D eigenvalue weighted by atomic mass is 35.5. The second-order valence-corrected chi connectivity index (χ2v) is 6.12. The topological polar surface area (TPSA) is 76.2 Å². The molecule has 1 aromatic heterocycles. The van der Waals surface area contributed by atoms with Gasteiger partial charge < -0.3 is 9.72 Å². The van der Waals surface area contributed by atoms with Crippen LogP contribution in [-0.2, 0) is 4.74 Å². The zero-order chi connectivity index (χ0) is 18.0. The number of ether oxygens (including phenoxy) is 1. The number of Topliss-reactive ketones (excluding diaryl/α,β-unsaturated/α-hetero) is 2. The molecular formula is C17H15Cl2NO4. The Labute approximate surface area is 148 Å². The fraction of sp³-hybridized carbons (Fsp3) is 0.235. The number of halogens is 2. The van der Waals surface area contributed by atoms with Crippen molar-refractivity contribution in [3.63, 3.8) is 0 Å². The molecule has 0 bridgehead atoms. The summed E-state index contributed by atoms with van der Waals surface area (Å²) in [5.74, 6) is -1.24. The first kappa shape index (κ1) is 18.2. The summed E-state index contributed by atoms with van der Waals surface area (Å²) >= 11 is 11.6. The number of nitrogens with one attached hydrogen (secondary N) is 1. The molecule has 0 fully saturated rings. The normalized spacial score (nSPS) is 10.5. The summed E-state index contributed by atoms with van der Waals surface area (Å²) < 4.78 is 5.01. The van der Waals surface area contributed by atoms with Crippen molar-refractivity contribution >= 4 is 40.7 Å². The lowest BCUT2D eigenvalue weighted by Crippen LogP contribution is -2.15. The first-order valence-corrected chi connectivity index (χ1v) is 7.83. The van der Waals surface area contributed by atoms with Crippen LogP contribution in [0.1, 0.15) is 49.4 Å². The smallest absolute Gasteiger partial charge is 0.338 e. The molecule has 0 aliphatic rings. The molecule has 0 unspecified atom stereocenters. The lowest BCUT2D eigenvalue weighted by Gasteiger charge is -2.05. The highest BCUT2D eigenvalue weighted by molar-refractivity contribution is 6.42. The molecule has 0 aliphatic carbocycles. The monoisotopic (exact) mass is 367 g/mol. The largest absolute Gasteiger partial charge is 0.454 e. The summed E-state index contributed by atoms with van der Waals surface area (Å²) in [7, 11) is 0. The predicted octanol–water partition coefficient (Wildman–Crippen LogP) is 4.18. The molecular weight excluding hydrogens is 353 g/mol. The van der Waals surface area contributed by atoms with Gasteiger partial charge in [-0.3, -0.25) is 9.59 Å². The minimum absolute atomic E-state index is 0.131. The van der Waals surface area contributed by atoms with E-state index in [1.165, 1.54) is 25.1 Å². The maximum Gasteiger partial charge on any atom is 0.338 e. The van der Waals surface area contributed by atoms with E-state index in [1.807, 2.05) is 0 Å². The lowest BCUT2D eigenvalue weighted by molar-refractivity contribution is 0.0473. The zero-order valence-corrected chi connectivity index (χ0v) is 14.8. The van der Waals surface area contributed by atoms with Crippen LogP contribution in [0.25, 0.3) is 0 Å². The number of carbonyl (C=O) groups is 3. The van der Waals surface area contributed by atoms with Gasteiger partial charge >= 0.3 is 5.97 Å². The maximum absolute atomic E-state index is 12.2. The molecule has 0 aliphatic heterocycles. The van der Waals surface area contributed by atoms with Gasteiger partial charge in [-0.2, -0.15) is 0 Å². The van der Waals surface area contributed by atoms with Gasteiger partial charge in [0.05, 0.1) is 21.3 Å². The highest BCUT2D eigenvalue weighted by Crippen LogP contribution is 2.23. The Bertz CT molecular complexity index is 839. The van der Waals surface area contributed by atoms with Crippen LogP contribution in [0.2, 0.25) is 10.0 Å². The van der Waals surface area contributed by atoms with Crippen molar-refractivity contribution < 1.29 is 19.1 Å². The summed E-state index contributed by atoms with van der Waals surface area (Å²) in [5.41, 5.74) is 2.10. The van der Waals surface area contributed by atoms with Gasteiger partial charge in [0.1, 0.15) is 0 Å². The van der Waals surface area contributed by atoms with Crippen molar-refractivity contribution in [1.29, 1.82) is 0 Å². The third-order valence-electron chi connectivity index (χ3n) is 3.56. The number of rotatable bonds is 5. The van der Waals surface area contributed by atoms with Gasteiger partial charge in [0.25, 0.3) is 0 Å². The number of carbonyl (C=O) groups excluding carboxylic acids is 3. The van der Waals surface area contributed by atoms with E-state index < -0.39 is 18.4 Å². The molecule has 24 heavy (non-hydrogen) atoms. The molecule has 0 atom stereocenters.